The van der Waals surface area contributed by atoms with Gasteiger partial charge in [-0.05, 0) is 44.9 Å². The van der Waals surface area contributed by atoms with Crippen molar-refractivity contribution < 1.29 is 28.6 Å². The van der Waals surface area contributed by atoms with Gasteiger partial charge in [0, 0.05) is 19.3 Å². The molecule has 0 aliphatic carbocycles. The second-order valence-corrected chi connectivity index (χ2v) is 17.8. The molecule has 0 saturated carbocycles. The first-order valence-electron chi connectivity index (χ1n) is 26.5. The highest BCUT2D eigenvalue weighted by molar-refractivity contribution is 5.71. The highest BCUT2D eigenvalue weighted by atomic mass is 16.6. The predicted octanol–water partition coefficient (Wildman–Crippen LogP) is 17.3. The van der Waals surface area contributed by atoms with Crippen LogP contribution in [0.1, 0.15) is 278 Å². The van der Waals surface area contributed by atoms with E-state index >= 15 is 0 Å². The largest absolute Gasteiger partial charge is 0.462 e. The van der Waals surface area contributed by atoms with E-state index in [2.05, 4.69) is 57.2 Å². The van der Waals surface area contributed by atoms with Gasteiger partial charge in [0.25, 0.3) is 0 Å². The van der Waals surface area contributed by atoms with Crippen molar-refractivity contribution in [2.75, 3.05) is 13.2 Å². The average Bonchev–Trinajstić information content (AvgIpc) is 3.26. The topological polar surface area (TPSA) is 78.9 Å². The van der Waals surface area contributed by atoms with E-state index in [1.807, 2.05) is 0 Å². The number of ether oxygens (including phenoxy) is 3. The maximum Gasteiger partial charge on any atom is 0.306 e. The van der Waals surface area contributed by atoms with Crippen LogP contribution in [-0.4, -0.2) is 37.2 Å². The van der Waals surface area contributed by atoms with Gasteiger partial charge < -0.3 is 14.2 Å². The number of esters is 3. The second-order valence-electron chi connectivity index (χ2n) is 17.8. The first kappa shape index (κ1) is 58.6. The third-order valence-electron chi connectivity index (χ3n) is 11.7. The fourth-order valence-corrected chi connectivity index (χ4v) is 7.70. The molecule has 0 fully saturated rings. The smallest absolute Gasteiger partial charge is 0.306 e. The fourth-order valence-electron chi connectivity index (χ4n) is 7.70. The number of hydrogen-bond donors (Lipinski definition) is 0. The van der Waals surface area contributed by atoms with E-state index in [0.29, 0.717) is 25.7 Å². The number of unbranched alkanes of at least 4 members (excludes halogenated alkanes) is 31. The standard InChI is InChI=1S/C55H100O6/c1-4-7-10-13-16-19-22-24-26-27-28-29-31-33-36-39-42-45-48-54(57)60-51-52(50-59-53(56)47-44-41-38-35-32-21-18-15-12-9-6-3)61-55(58)49-46-43-40-37-34-30-25-23-20-17-14-11-8-5-2/h9,12,18,21,35,38,52H,4-8,10-11,13-17,19-20,22-34,36-37,39-51H2,1-3H3/b12-9-,21-18-,38-35-. The molecular formula is C55H100O6. The predicted molar refractivity (Wildman–Crippen MR) is 261 cm³/mol. The number of carbonyl (C=O) groups excluding carboxylic acids is 3. The molecule has 0 aliphatic heterocycles. The van der Waals surface area contributed by atoms with Crippen LogP contribution in [0.4, 0.5) is 0 Å². The lowest BCUT2D eigenvalue weighted by atomic mass is 10.0. The Labute approximate surface area is 378 Å². The van der Waals surface area contributed by atoms with E-state index in [-0.39, 0.29) is 31.1 Å². The Bertz CT molecular complexity index is 1030. The minimum absolute atomic E-state index is 0.0832. The van der Waals surface area contributed by atoms with Crippen LogP contribution in [0.5, 0.6) is 0 Å². The van der Waals surface area contributed by atoms with Crippen molar-refractivity contribution >= 4 is 17.9 Å². The minimum atomic E-state index is -0.786. The third kappa shape index (κ3) is 48.5. The van der Waals surface area contributed by atoms with Crippen molar-refractivity contribution in [2.45, 2.75) is 284 Å². The van der Waals surface area contributed by atoms with Crippen LogP contribution in [0.2, 0.25) is 0 Å². The van der Waals surface area contributed by atoms with Crippen molar-refractivity contribution in [3.8, 4) is 0 Å². The summed E-state index contributed by atoms with van der Waals surface area (Å²) >= 11 is 0. The number of rotatable bonds is 48. The van der Waals surface area contributed by atoms with Gasteiger partial charge in [0.1, 0.15) is 13.2 Å². The van der Waals surface area contributed by atoms with Gasteiger partial charge in [-0.25, -0.2) is 0 Å². The highest BCUT2D eigenvalue weighted by Gasteiger charge is 2.19. The van der Waals surface area contributed by atoms with Crippen LogP contribution in [0, 0.1) is 0 Å². The molecule has 0 amide bonds. The third-order valence-corrected chi connectivity index (χ3v) is 11.7. The minimum Gasteiger partial charge on any atom is -0.462 e. The Balaban J connectivity index is 4.32. The normalized spacial score (nSPS) is 12.2. The highest BCUT2D eigenvalue weighted by Crippen LogP contribution is 2.16. The number of allylic oxidation sites excluding steroid dienone is 6. The summed E-state index contributed by atoms with van der Waals surface area (Å²) in [5.74, 6) is -0.927. The quantitative estimate of drug-likeness (QED) is 0.0262. The SMILES string of the molecule is CC/C=C\C/C=C\C/C=C\CCCC(=O)OCC(COC(=O)CCCCCCCCCCCCCCCCCCCC)OC(=O)CCCCCCCCCCCCCCCC. The zero-order chi connectivity index (χ0) is 44.4. The van der Waals surface area contributed by atoms with E-state index in [1.54, 1.807) is 0 Å². The van der Waals surface area contributed by atoms with Gasteiger partial charge in [0.2, 0.25) is 0 Å². The molecule has 6 heteroatoms. The molecule has 61 heavy (non-hydrogen) atoms. The number of carbonyl (C=O) groups is 3. The molecular weight excluding hydrogens is 757 g/mol. The Hall–Kier alpha value is -2.37. The number of hydrogen-bond acceptors (Lipinski definition) is 6. The first-order valence-corrected chi connectivity index (χ1v) is 26.5. The van der Waals surface area contributed by atoms with Crippen molar-refractivity contribution in [3.05, 3.63) is 36.5 Å². The Kier molecular flexibility index (Phi) is 48.3. The first-order chi connectivity index (χ1) is 30.0. The van der Waals surface area contributed by atoms with Crippen LogP contribution in [0.25, 0.3) is 0 Å². The maximum absolute atomic E-state index is 12.8. The summed E-state index contributed by atoms with van der Waals surface area (Å²) in [6, 6.07) is 0. The van der Waals surface area contributed by atoms with Crippen molar-refractivity contribution in [3.63, 3.8) is 0 Å². The van der Waals surface area contributed by atoms with Gasteiger partial charge in [-0.15, -0.1) is 0 Å². The molecule has 0 aromatic carbocycles. The molecule has 0 N–H and O–H groups in total. The van der Waals surface area contributed by atoms with E-state index in [0.717, 1.165) is 64.2 Å². The molecule has 0 bridgehead atoms. The lowest BCUT2D eigenvalue weighted by molar-refractivity contribution is -0.167. The van der Waals surface area contributed by atoms with Crippen molar-refractivity contribution in [2.24, 2.45) is 0 Å². The van der Waals surface area contributed by atoms with E-state index < -0.39 is 6.10 Å². The van der Waals surface area contributed by atoms with Crippen molar-refractivity contribution in [1.29, 1.82) is 0 Å². The van der Waals surface area contributed by atoms with Gasteiger partial charge in [0.05, 0.1) is 0 Å². The Morgan fingerprint density at radius 3 is 1.00 bits per heavy atom. The molecule has 1 unspecified atom stereocenters. The van der Waals surface area contributed by atoms with Crippen LogP contribution in [0.15, 0.2) is 36.5 Å². The molecule has 6 nitrogen and oxygen atoms in total. The Morgan fingerprint density at radius 2 is 0.639 bits per heavy atom. The Morgan fingerprint density at radius 1 is 0.344 bits per heavy atom. The molecule has 356 valence electrons. The summed E-state index contributed by atoms with van der Waals surface area (Å²) in [4.78, 5) is 37.9. The molecule has 0 heterocycles. The molecule has 0 aromatic rings. The van der Waals surface area contributed by atoms with Gasteiger partial charge in [0.15, 0.2) is 6.10 Å². The summed E-state index contributed by atoms with van der Waals surface area (Å²) in [6.07, 6.45) is 58.6. The summed E-state index contributed by atoms with van der Waals surface area (Å²) in [6.45, 7) is 6.51. The second kappa shape index (κ2) is 50.3. The van der Waals surface area contributed by atoms with Crippen LogP contribution in [-0.2, 0) is 28.6 Å². The molecule has 0 aliphatic rings. The summed E-state index contributed by atoms with van der Waals surface area (Å²) in [7, 11) is 0. The van der Waals surface area contributed by atoms with Crippen LogP contribution < -0.4 is 0 Å². The van der Waals surface area contributed by atoms with E-state index in [9.17, 15) is 14.4 Å². The van der Waals surface area contributed by atoms with Crippen LogP contribution >= 0.6 is 0 Å². The summed E-state index contributed by atoms with van der Waals surface area (Å²) in [5.41, 5.74) is 0. The van der Waals surface area contributed by atoms with Crippen molar-refractivity contribution in [1.82, 2.24) is 0 Å². The zero-order valence-electron chi connectivity index (χ0n) is 40.7. The molecule has 1 atom stereocenters. The lowest BCUT2D eigenvalue weighted by Gasteiger charge is -2.18. The van der Waals surface area contributed by atoms with Gasteiger partial charge in [-0.3, -0.25) is 14.4 Å². The average molecular weight is 857 g/mol. The van der Waals surface area contributed by atoms with Gasteiger partial charge in [-0.1, -0.05) is 250 Å². The molecule has 0 aromatic heterocycles. The van der Waals surface area contributed by atoms with Gasteiger partial charge in [-0.2, -0.15) is 0 Å². The van der Waals surface area contributed by atoms with Crippen LogP contribution in [0.3, 0.4) is 0 Å². The molecule has 0 spiro atoms. The molecule has 0 saturated heterocycles. The fraction of sp³-hybridized carbons (Fsp3) is 0.836. The molecule has 0 radical (unpaired) electrons. The monoisotopic (exact) mass is 857 g/mol. The van der Waals surface area contributed by atoms with E-state index in [4.69, 9.17) is 14.2 Å². The molecule has 0 rings (SSSR count). The van der Waals surface area contributed by atoms with Gasteiger partial charge >= 0.3 is 17.9 Å². The lowest BCUT2D eigenvalue weighted by Crippen LogP contribution is -2.30. The van der Waals surface area contributed by atoms with E-state index in [1.165, 1.54) is 167 Å². The summed E-state index contributed by atoms with van der Waals surface area (Å²) in [5, 5.41) is 0. The maximum atomic E-state index is 12.8. The summed E-state index contributed by atoms with van der Waals surface area (Å²) < 4.78 is 16.8. The zero-order valence-corrected chi connectivity index (χ0v) is 40.7.